The molecule has 1 fully saturated rings. The summed E-state index contributed by atoms with van der Waals surface area (Å²) in [5.41, 5.74) is 2.37. The highest BCUT2D eigenvalue weighted by atomic mass is 32.2. The topological polar surface area (TPSA) is 44.9 Å². The Balaban J connectivity index is 1.72. The summed E-state index contributed by atoms with van der Waals surface area (Å²) in [6.07, 6.45) is 7.11. The van der Waals surface area contributed by atoms with Gasteiger partial charge in [0.1, 0.15) is 5.82 Å². The molecule has 0 unspecified atom stereocenters. The Morgan fingerprint density at radius 1 is 1.26 bits per heavy atom. The lowest BCUT2D eigenvalue weighted by atomic mass is 9.89. The van der Waals surface area contributed by atoms with Gasteiger partial charge in [0.15, 0.2) is 0 Å². The third-order valence-corrected chi connectivity index (χ3v) is 6.54. The molecule has 0 radical (unpaired) electrons. The van der Waals surface area contributed by atoms with Crippen molar-refractivity contribution in [1.82, 2.24) is 18.7 Å². The number of hydrogen-bond acceptors (Lipinski definition) is 4. The molecule has 144 valence electrons. The van der Waals surface area contributed by atoms with Crippen LogP contribution in [0.5, 0.6) is 0 Å². The van der Waals surface area contributed by atoms with Crippen molar-refractivity contribution in [3.8, 4) is 0 Å². The number of rotatable bonds is 6. The second-order valence-corrected chi connectivity index (χ2v) is 9.02. The average Bonchev–Trinajstić information content (AvgIpc) is 3.31. The quantitative estimate of drug-likeness (QED) is 0.606. The maximum atomic E-state index is 5.55. The van der Waals surface area contributed by atoms with Gasteiger partial charge in [-0.3, -0.25) is 0 Å². The van der Waals surface area contributed by atoms with E-state index in [4.69, 9.17) is 9.72 Å². The van der Waals surface area contributed by atoms with Crippen molar-refractivity contribution in [3.63, 3.8) is 0 Å². The standard InChI is InChI=1S/C21H28N4OS/c1-4-21(2,3)20-23-18-14-17(27-25-11-5-10-22-25)6-7-19(18)24(20)15-16-8-12-26-13-9-16/h5-7,10-11,14,16H,4,8-9,12-13,15H2,1-3H3. The molecule has 1 saturated heterocycles. The van der Waals surface area contributed by atoms with E-state index in [9.17, 15) is 0 Å². The van der Waals surface area contributed by atoms with Crippen LogP contribution in [0.4, 0.5) is 0 Å². The van der Waals surface area contributed by atoms with Gasteiger partial charge in [0.25, 0.3) is 0 Å². The van der Waals surface area contributed by atoms with Crippen molar-refractivity contribution in [3.05, 3.63) is 42.5 Å². The Morgan fingerprint density at radius 3 is 2.78 bits per heavy atom. The number of ether oxygens (including phenoxy) is 1. The van der Waals surface area contributed by atoms with Crippen LogP contribution in [0, 0.1) is 5.92 Å². The molecule has 27 heavy (non-hydrogen) atoms. The van der Waals surface area contributed by atoms with Gasteiger partial charge in [-0.05, 0) is 49.4 Å². The molecule has 3 aromatic rings. The Kier molecular flexibility index (Phi) is 5.28. The van der Waals surface area contributed by atoms with E-state index in [1.165, 1.54) is 11.3 Å². The average molecular weight is 385 g/mol. The third-order valence-electron chi connectivity index (χ3n) is 5.67. The number of nitrogens with zero attached hydrogens (tertiary/aromatic N) is 4. The number of hydrogen-bond donors (Lipinski definition) is 0. The first kappa shape index (κ1) is 18.6. The normalized spacial score (nSPS) is 16.3. The Bertz CT molecular complexity index is 894. The lowest BCUT2D eigenvalue weighted by molar-refractivity contribution is 0.0611. The van der Waals surface area contributed by atoms with Crippen molar-refractivity contribution < 1.29 is 4.74 Å². The fraction of sp³-hybridized carbons (Fsp3) is 0.524. The summed E-state index contributed by atoms with van der Waals surface area (Å²) in [5.74, 6) is 1.87. The Labute approximate surface area is 165 Å². The highest BCUT2D eigenvalue weighted by molar-refractivity contribution is 7.97. The molecule has 1 aromatic carbocycles. The van der Waals surface area contributed by atoms with E-state index in [0.29, 0.717) is 5.92 Å². The lowest BCUT2D eigenvalue weighted by Gasteiger charge is -2.28. The fourth-order valence-corrected chi connectivity index (χ4v) is 4.37. The third kappa shape index (κ3) is 3.92. The first-order valence-corrected chi connectivity index (χ1v) is 10.6. The molecule has 0 aliphatic carbocycles. The van der Waals surface area contributed by atoms with Crippen molar-refractivity contribution >= 4 is 23.0 Å². The zero-order valence-corrected chi connectivity index (χ0v) is 17.2. The molecule has 0 bridgehead atoms. The largest absolute Gasteiger partial charge is 0.381 e. The van der Waals surface area contributed by atoms with E-state index in [2.05, 4.69) is 48.6 Å². The smallest absolute Gasteiger partial charge is 0.115 e. The van der Waals surface area contributed by atoms with Crippen LogP contribution in [0.25, 0.3) is 11.0 Å². The summed E-state index contributed by atoms with van der Waals surface area (Å²) in [7, 11) is 0. The van der Waals surface area contributed by atoms with Crippen LogP contribution in [0.1, 0.15) is 45.9 Å². The summed E-state index contributed by atoms with van der Waals surface area (Å²) in [5, 5.41) is 4.29. The molecule has 0 amide bonds. The molecule has 6 heteroatoms. The molecule has 4 rings (SSSR count). The van der Waals surface area contributed by atoms with E-state index in [0.717, 1.165) is 49.4 Å². The molecule has 3 heterocycles. The molecule has 1 aliphatic heterocycles. The maximum absolute atomic E-state index is 5.55. The fourth-order valence-electron chi connectivity index (χ4n) is 3.63. The predicted molar refractivity (Wildman–Crippen MR) is 110 cm³/mol. The Morgan fingerprint density at radius 2 is 2.07 bits per heavy atom. The van der Waals surface area contributed by atoms with Crippen LogP contribution < -0.4 is 0 Å². The van der Waals surface area contributed by atoms with Crippen LogP contribution in [0.15, 0.2) is 41.6 Å². The molecular weight excluding hydrogens is 356 g/mol. The van der Waals surface area contributed by atoms with Crippen molar-refractivity contribution in [1.29, 1.82) is 0 Å². The number of fused-ring (bicyclic) bond motifs is 1. The minimum absolute atomic E-state index is 0.0550. The van der Waals surface area contributed by atoms with Gasteiger partial charge in [-0.25, -0.2) is 9.07 Å². The molecule has 2 aromatic heterocycles. The minimum Gasteiger partial charge on any atom is -0.381 e. The van der Waals surface area contributed by atoms with Crippen LogP contribution in [0.3, 0.4) is 0 Å². The van der Waals surface area contributed by atoms with Gasteiger partial charge in [0.2, 0.25) is 0 Å². The van der Waals surface area contributed by atoms with E-state index < -0.39 is 0 Å². The van der Waals surface area contributed by atoms with Gasteiger partial charge in [-0.1, -0.05) is 20.8 Å². The molecule has 0 saturated carbocycles. The maximum Gasteiger partial charge on any atom is 0.115 e. The van der Waals surface area contributed by atoms with Gasteiger partial charge in [-0.15, -0.1) is 0 Å². The Hall–Kier alpha value is -1.79. The van der Waals surface area contributed by atoms with Gasteiger partial charge >= 0.3 is 0 Å². The van der Waals surface area contributed by atoms with Crippen LogP contribution in [-0.2, 0) is 16.7 Å². The highest BCUT2D eigenvalue weighted by Gasteiger charge is 2.27. The molecule has 0 N–H and O–H groups in total. The van der Waals surface area contributed by atoms with Crippen molar-refractivity contribution in [2.45, 2.75) is 56.9 Å². The zero-order chi connectivity index (χ0) is 18.9. The first-order chi connectivity index (χ1) is 13.1. The second-order valence-electron chi connectivity index (χ2n) is 7.99. The van der Waals surface area contributed by atoms with Gasteiger partial charge in [0.05, 0.1) is 11.0 Å². The van der Waals surface area contributed by atoms with Gasteiger partial charge < -0.3 is 9.30 Å². The van der Waals surface area contributed by atoms with E-state index in [1.807, 2.05) is 16.4 Å². The summed E-state index contributed by atoms with van der Waals surface area (Å²) < 4.78 is 9.90. The number of aromatic nitrogens is 4. The van der Waals surface area contributed by atoms with Crippen LogP contribution in [-0.4, -0.2) is 32.0 Å². The summed E-state index contributed by atoms with van der Waals surface area (Å²) >= 11 is 1.61. The zero-order valence-electron chi connectivity index (χ0n) is 16.4. The minimum atomic E-state index is 0.0550. The van der Waals surface area contributed by atoms with Gasteiger partial charge in [0, 0.05) is 54.4 Å². The molecular formula is C21H28N4OS. The molecule has 0 spiro atoms. The molecule has 1 aliphatic rings. The van der Waals surface area contributed by atoms with Crippen LogP contribution >= 0.6 is 11.9 Å². The number of imidazole rings is 1. The predicted octanol–water partition coefficient (Wildman–Crippen LogP) is 4.90. The highest BCUT2D eigenvalue weighted by Crippen LogP contribution is 2.33. The van der Waals surface area contributed by atoms with Crippen molar-refractivity contribution in [2.24, 2.45) is 5.92 Å². The van der Waals surface area contributed by atoms with E-state index >= 15 is 0 Å². The van der Waals surface area contributed by atoms with E-state index in [1.54, 1.807) is 18.1 Å². The summed E-state index contributed by atoms with van der Waals surface area (Å²) in [6, 6.07) is 8.54. The van der Waals surface area contributed by atoms with E-state index in [-0.39, 0.29) is 5.41 Å². The lowest BCUT2D eigenvalue weighted by Crippen LogP contribution is -2.26. The second kappa shape index (κ2) is 7.68. The van der Waals surface area contributed by atoms with Crippen molar-refractivity contribution in [2.75, 3.05) is 13.2 Å². The summed E-state index contributed by atoms with van der Waals surface area (Å²) in [4.78, 5) is 6.25. The monoisotopic (exact) mass is 384 g/mol. The first-order valence-electron chi connectivity index (χ1n) is 9.83. The molecule has 0 atom stereocenters. The van der Waals surface area contributed by atoms with Gasteiger partial charge in [-0.2, -0.15) is 5.10 Å². The number of benzene rings is 1. The molecule has 5 nitrogen and oxygen atoms in total. The van der Waals surface area contributed by atoms with Crippen LogP contribution in [0.2, 0.25) is 0 Å². The summed E-state index contributed by atoms with van der Waals surface area (Å²) in [6.45, 7) is 9.65. The SMILES string of the molecule is CCC(C)(C)c1nc2cc(Sn3cccn3)ccc2n1CC1CCOCC1.